The van der Waals surface area contributed by atoms with E-state index in [4.69, 9.17) is 0 Å². The van der Waals surface area contributed by atoms with Gasteiger partial charge in [-0.15, -0.1) is 0 Å². The molecule has 0 saturated carbocycles. The fraction of sp³-hybridized carbons (Fsp3) is 0.364. The molecule has 1 aliphatic rings. The van der Waals surface area contributed by atoms with Crippen molar-refractivity contribution in [1.29, 1.82) is 0 Å². The number of Topliss-reactive ketones (excluding diaryl/α,β-unsaturated/α-hetero) is 1. The first kappa shape index (κ1) is 9.83. The second-order valence-electron chi connectivity index (χ2n) is 3.73. The average Bonchev–Trinajstić information content (AvgIpc) is 2.40. The first-order valence-corrected chi connectivity index (χ1v) is 4.99. The van der Waals surface area contributed by atoms with Gasteiger partial charge in [0.25, 0.3) is 5.69 Å². The van der Waals surface area contributed by atoms with Crippen LogP contribution in [0.3, 0.4) is 0 Å². The molecular formula is C11H11NO3. The highest BCUT2D eigenvalue weighted by Crippen LogP contribution is 2.24. The summed E-state index contributed by atoms with van der Waals surface area (Å²) in [5.41, 5.74) is 1.56. The molecule has 0 aliphatic heterocycles. The van der Waals surface area contributed by atoms with Crippen LogP contribution in [0, 0.1) is 10.1 Å². The van der Waals surface area contributed by atoms with Crippen LogP contribution in [0.2, 0.25) is 0 Å². The summed E-state index contributed by atoms with van der Waals surface area (Å²) in [5.74, 6) is 0.109. The molecule has 0 unspecified atom stereocenters. The highest BCUT2D eigenvalue weighted by Gasteiger charge is 2.18. The molecule has 0 fully saturated rings. The normalized spacial score (nSPS) is 15.6. The van der Waals surface area contributed by atoms with Gasteiger partial charge < -0.3 is 0 Å². The summed E-state index contributed by atoms with van der Waals surface area (Å²) in [5, 5.41) is 10.6. The van der Waals surface area contributed by atoms with Gasteiger partial charge in [-0.1, -0.05) is 0 Å². The van der Waals surface area contributed by atoms with Gasteiger partial charge in [0, 0.05) is 24.1 Å². The van der Waals surface area contributed by atoms with Crippen LogP contribution in [0.4, 0.5) is 5.69 Å². The van der Waals surface area contributed by atoms with Crippen LogP contribution in [0.15, 0.2) is 18.2 Å². The van der Waals surface area contributed by atoms with Gasteiger partial charge in [-0.3, -0.25) is 14.9 Å². The lowest BCUT2D eigenvalue weighted by Gasteiger charge is -2.03. The molecule has 0 spiro atoms. The van der Waals surface area contributed by atoms with E-state index in [1.807, 2.05) is 0 Å². The predicted octanol–water partition coefficient (Wildman–Crippen LogP) is 2.50. The lowest BCUT2D eigenvalue weighted by atomic mass is 10.0. The minimum atomic E-state index is -0.421. The highest BCUT2D eigenvalue weighted by atomic mass is 16.6. The van der Waals surface area contributed by atoms with Crippen molar-refractivity contribution in [3.05, 3.63) is 39.4 Å². The molecule has 2 rings (SSSR count). The van der Waals surface area contributed by atoms with Gasteiger partial charge in [0.1, 0.15) is 0 Å². The topological polar surface area (TPSA) is 60.2 Å². The Morgan fingerprint density at radius 2 is 1.93 bits per heavy atom. The Hall–Kier alpha value is -1.71. The fourth-order valence-corrected chi connectivity index (χ4v) is 1.91. The Labute approximate surface area is 87.1 Å². The Bertz CT molecular complexity index is 426. The zero-order valence-electron chi connectivity index (χ0n) is 8.23. The van der Waals surface area contributed by atoms with Gasteiger partial charge in [0.2, 0.25) is 0 Å². The SMILES string of the molecule is O=C1CCCCc2cc([N+](=O)[O-])ccc21. The molecule has 0 heterocycles. The number of rotatable bonds is 1. The highest BCUT2D eigenvalue weighted by molar-refractivity contribution is 5.98. The largest absolute Gasteiger partial charge is 0.294 e. The molecule has 4 heteroatoms. The van der Waals surface area contributed by atoms with Crippen LogP contribution >= 0.6 is 0 Å². The summed E-state index contributed by atoms with van der Waals surface area (Å²) >= 11 is 0. The van der Waals surface area contributed by atoms with E-state index in [0.717, 1.165) is 24.8 Å². The van der Waals surface area contributed by atoms with Gasteiger partial charge in [-0.2, -0.15) is 0 Å². The number of carbonyl (C=O) groups is 1. The number of nitrogens with zero attached hydrogens (tertiary/aromatic N) is 1. The molecule has 1 aliphatic carbocycles. The smallest absolute Gasteiger partial charge is 0.269 e. The van der Waals surface area contributed by atoms with Crippen molar-refractivity contribution in [2.45, 2.75) is 25.7 Å². The second-order valence-corrected chi connectivity index (χ2v) is 3.73. The monoisotopic (exact) mass is 205 g/mol. The molecule has 0 N–H and O–H groups in total. The third-order valence-electron chi connectivity index (χ3n) is 2.70. The van der Waals surface area contributed by atoms with Crippen molar-refractivity contribution in [3.63, 3.8) is 0 Å². The summed E-state index contributed by atoms with van der Waals surface area (Å²) < 4.78 is 0. The van der Waals surface area contributed by atoms with Crippen LogP contribution in [-0.4, -0.2) is 10.7 Å². The predicted molar refractivity (Wildman–Crippen MR) is 55.0 cm³/mol. The number of non-ortho nitro benzene ring substituents is 1. The standard InChI is InChI=1S/C11H11NO3/c13-11-4-2-1-3-8-7-9(12(14)15)5-6-10(8)11/h5-7H,1-4H2. The number of fused-ring (bicyclic) bond motifs is 1. The second kappa shape index (κ2) is 3.81. The molecule has 1 aromatic rings. The number of ketones is 1. The summed E-state index contributed by atoms with van der Waals surface area (Å²) in [4.78, 5) is 21.8. The third kappa shape index (κ3) is 1.88. The molecule has 0 atom stereocenters. The van der Waals surface area contributed by atoms with Crippen LogP contribution in [0.1, 0.15) is 35.2 Å². The molecular weight excluding hydrogens is 194 g/mol. The molecule has 0 amide bonds. The molecule has 0 aromatic heterocycles. The van der Waals surface area contributed by atoms with Gasteiger partial charge in [0.15, 0.2) is 5.78 Å². The molecule has 0 bridgehead atoms. The van der Waals surface area contributed by atoms with Gasteiger partial charge in [-0.25, -0.2) is 0 Å². The minimum absolute atomic E-state index is 0.0726. The maximum absolute atomic E-state index is 11.6. The van der Waals surface area contributed by atoms with Crippen molar-refractivity contribution in [2.24, 2.45) is 0 Å². The number of hydrogen-bond donors (Lipinski definition) is 0. The third-order valence-corrected chi connectivity index (χ3v) is 2.70. The van der Waals surface area contributed by atoms with E-state index in [1.54, 1.807) is 6.07 Å². The molecule has 78 valence electrons. The quantitative estimate of drug-likeness (QED) is 0.402. The van der Waals surface area contributed by atoms with Crippen molar-refractivity contribution in [2.75, 3.05) is 0 Å². The number of aryl methyl sites for hydroxylation is 1. The van der Waals surface area contributed by atoms with Gasteiger partial charge in [-0.05, 0) is 30.9 Å². The van der Waals surface area contributed by atoms with Crippen molar-refractivity contribution in [3.8, 4) is 0 Å². The number of carbonyl (C=O) groups excluding carboxylic acids is 1. The van der Waals surface area contributed by atoms with Crippen molar-refractivity contribution >= 4 is 11.5 Å². The van der Waals surface area contributed by atoms with E-state index >= 15 is 0 Å². The van der Waals surface area contributed by atoms with E-state index in [1.165, 1.54) is 12.1 Å². The van der Waals surface area contributed by atoms with E-state index in [9.17, 15) is 14.9 Å². The van der Waals surface area contributed by atoms with Gasteiger partial charge >= 0.3 is 0 Å². The zero-order chi connectivity index (χ0) is 10.8. The van der Waals surface area contributed by atoms with E-state index in [-0.39, 0.29) is 11.5 Å². The summed E-state index contributed by atoms with van der Waals surface area (Å²) in [6.45, 7) is 0. The number of nitro groups is 1. The van der Waals surface area contributed by atoms with E-state index in [0.29, 0.717) is 12.0 Å². The van der Waals surface area contributed by atoms with Crippen molar-refractivity contribution in [1.82, 2.24) is 0 Å². The van der Waals surface area contributed by atoms with Crippen LogP contribution in [0.5, 0.6) is 0 Å². The maximum Gasteiger partial charge on any atom is 0.269 e. The summed E-state index contributed by atoms with van der Waals surface area (Å²) in [6, 6.07) is 4.52. The maximum atomic E-state index is 11.6. The Balaban J connectivity index is 2.47. The molecule has 0 radical (unpaired) electrons. The number of hydrogen-bond acceptors (Lipinski definition) is 3. The van der Waals surface area contributed by atoms with Crippen LogP contribution in [-0.2, 0) is 6.42 Å². The summed E-state index contributed by atoms with van der Waals surface area (Å²) in [6.07, 6.45) is 3.13. The first-order valence-electron chi connectivity index (χ1n) is 4.99. The average molecular weight is 205 g/mol. The molecule has 4 nitrogen and oxygen atoms in total. The number of nitro benzene ring substituents is 1. The van der Waals surface area contributed by atoms with Crippen molar-refractivity contribution < 1.29 is 9.72 Å². The lowest BCUT2D eigenvalue weighted by molar-refractivity contribution is -0.384. The lowest BCUT2D eigenvalue weighted by Crippen LogP contribution is -2.01. The van der Waals surface area contributed by atoms with Gasteiger partial charge in [0.05, 0.1) is 4.92 Å². The molecule has 1 aromatic carbocycles. The van der Waals surface area contributed by atoms with E-state index < -0.39 is 4.92 Å². The Morgan fingerprint density at radius 3 is 2.67 bits per heavy atom. The first-order chi connectivity index (χ1) is 7.18. The van der Waals surface area contributed by atoms with Crippen LogP contribution in [0.25, 0.3) is 0 Å². The Kier molecular flexibility index (Phi) is 2.49. The fourth-order valence-electron chi connectivity index (χ4n) is 1.91. The zero-order valence-corrected chi connectivity index (χ0v) is 8.23. The minimum Gasteiger partial charge on any atom is -0.294 e. The van der Waals surface area contributed by atoms with E-state index in [2.05, 4.69) is 0 Å². The van der Waals surface area contributed by atoms with Crippen LogP contribution < -0.4 is 0 Å². The number of benzene rings is 1. The summed E-state index contributed by atoms with van der Waals surface area (Å²) in [7, 11) is 0. The molecule has 15 heavy (non-hydrogen) atoms. The Morgan fingerprint density at radius 1 is 1.20 bits per heavy atom. The molecule has 0 saturated heterocycles.